The molecule has 144 valence electrons. The highest BCUT2D eigenvalue weighted by Gasteiger charge is 2.34. The Kier molecular flexibility index (Phi) is 5.38. The van der Waals surface area contributed by atoms with Crippen LogP contribution in [0.1, 0.15) is 26.3 Å². The van der Waals surface area contributed by atoms with Crippen LogP contribution in [0.15, 0.2) is 41.3 Å². The van der Waals surface area contributed by atoms with Gasteiger partial charge in [-0.25, -0.2) is 18.0 Å². The third-order valence-corrected chi connectivity index (χ3v) is 4.94. The van der Waals surface area contributed by atoms with Crippen LogP contribution in [0.25, 0.3) is 0 Å². The molecule has 0 amide bonds. The number of alkyl halides is 3. The molecular weight excluding hydrogens is 415 g/mol. The topological polar surface area (TPSA) is 121 Å². The molecule has 0 saturated heterocycles. The van der Waals surface area contributed by atoms with Crippen LogP contribution in [0.2, 0.25) is 5.02 Å². The minimum absolute atomic E-state index is 0.309. The van der Waals surface area contributed by atoms with Gasteiger partial charge >= 0.3 is 18.1 Å². The molecule has 0 aliphatic carbocycles. The van der Waals surface area contributed by atoms with Crippen molar-refractivity contribution in [3.05, 3.63) is 58.1 Å². The van der Waals surface area contributed by atoms with Gasteiger partial charge in [0.15, 0.2) is 0 Å². The standard InChI is InChI=1S/C15H9ClF3NO6S/c16-12-2-1-10(6-11(12)15(17,18)19)27(25,26)20-9-4-7(13(21)22)3-8(5-9)14(23)24/h1-6,20H,(H,21,22)(H,23,24). The predicted molar refractivity (Wildman–Crippen MR) is 87.6 cm³/mol. The molecule has 0 aliphatic heterocycles. The van der Waals surface area contributed by atoms with E-state index in [1.165, 1.54) is 0 Å². The minimum atomic E-state index is -4.90. The Bertz CT molecular complexity index is 1000. The van der Waals surface area contributed by atoms with Crippen molar-refractivity contribution in [1.82, 2.24) is 0 Å². The van der Waals surface area contributed by atoms with Crippen LogP contribution in [-0.2, 0) is 16.2 Å². The lowest BCUT2D eigenvalue weighted by Gasteiger charge is -2.13. The summed E-state index contributed by atoms with van der Waals surface area (Å²) >= 11 is 5.44. The number of benzene rings is 2. The maximum atomic E-state index is 12.9. The van der Waals surface area contributed by atoms with Crippen LogP contribution >= 0.6 is 11.6 Å². The van der Waals surface area contributed by atoms with Crippen LogP contribution in [0.4, 0.5) is 18.9 Å². The number of carboxylic acid groups (broad SMARTS) is 2. The number of carbonyl (C=O) groups is 2. The zero-order valence-electron chi connectivity index (χ0n) is 12.9. The third-order valence-electron chi connectivity index (χ3n) is 3.23. The highest BCUT2D eigenvalue weighted by Crippen LogP contribution is 2.36. The molecule has 0 atom stereocenters. The molecule has 7 nitrogen and oxygen atoms in total. The molecule has 2 aromatic carbocycles. The van der Waals surface area contributed by atoms with Gasteiger partial charge in [0.1, 0.15) is 0 Å². The van der Waals surface area contributed by atoms with Crippen LogP contribution in [0.3, 0.4) is 0 Å². The summed E-state index contributed by atoms with van der Waals surface area (Å²) in [6.45, 7) is 0. The summed E-state index contributed by atoms with van der Waals surface area (Å²) in [4.78, 5) is 21.3. The van der Waals surface area contributed by atoms with Crippen molar-refractivity contribution in [2.45, 2.75) is 11.1 Å². The molecule has 0 radical (unpaired) electrons. The Balaban J connectivity index is 2.51. The van der Waals surface area contributed by atoms with Crippen molar-refractivity contribution in [2.24, 2.45) is 0 Å². The molecule has 2 rings (SSSR count). The number of sulfonamides is 1. The quantitative estimate of drug-likeness (QED) is 0.676. The number of hydrogen-bond acceptors (Lipinski definition) is 4. The Hall–Kier alpha value is -2.79. The van der Waals surface area contributed by atoms with E-state index >= 15 is 0 Å². The Labute approximate surface area is 155 Å². The van der Waals surface area contributed by atoms with Gasteiger partial charge in [-0.15, -0.1) is 0 Å². The van der Waals surface area contributed by atoms with E-state index in [2.05, 4.69) is 0 Å². The highest BCUT2D eigenvalue weighted by molar-refractivity contribution is 7.92. The first-order valence-corrected chi connectivity index (χ1v) is 8.68. The summed E-state index contributed by atoms with van der Waals surface area (Å²) in [6, 6.07) is 4.32. The third kappa shape index (κ3) is 4.68. The number of anilines is 1. The molecule has 2 aromatic rings. The molecule has 0 heterocycles. The molecule has 0 unspecified atom stereocenters. The van der Waals surface area contributed by atoms with Gasteiger partial charge in [-0.1, -0.05) is 11.6 Å². The Morgan fingerprint density at radius 2 is 1.48 bits per heavy atom. The molecule has 3 N–H and O–H groups in total. The van der Waals surface area contributed by atoms with Gasteiger partial charge in [0, 0.05) is 0 Å². The smallest absolute Gasteiger partial charge is 0.417 e. The van der Waals surface area contributed by atoms with Crippen molar-refractivity contribution in [3.8, 4) is 0 Å². The summed E-state index contributed by atoms with van der Waals surface area (Å²) in [5, 5.41) is 17.2. The van der Waals surface area contributed by atoms with Crippen molar-refractivity contribution in [2.75, 3.05) is 4.72 Å². The molecule has 0 aliphatic rings. The maximum Gasteiger partial charge on any atom is 0.417 e. The first-order chi connectivity index (χ1) is 12.3. The van der Waals surface area contributed by atoms with Crippen molar-refractivity contribution >= 4 is 39.3 Å². The molecule has 0 aromatic heterocycles. The SMILES string of the molecule is O=C(O)c1cc(NS(=O)(=O)c2ccc(Cl)c(C(F)(F)F)c2)cc(C(=O)O)c1. The van der Waals surface area contributed by atoms with E-state index < -0.39 is 60.4 Å². The summed E-state index contributed by atoms with van der Waals surface area (Å²) in [5.41, 5.74) is -2.88. The summed E-state index contributed by atoms with van der Waals surface area (Å²) in [7, 11) is -4.59. The van der Waals surface area contributed by atoms with Gasteiger partial charge in [-0.3, -0.25) is 4.72 Å². The second-order valence-electron chi connectivity index (χ2n) is 5.15. The molecule has 0 fully saturated rings. The van der Waals surface area contributed by atoms with E-state index in [-0.39, 0.29) is 0 Å². The fraction of sp³-hybridized carbons (Fsp3) is 0.0667. The second kappa shape index (κ2) is 7.08. The maximum absolute atomic E-state index is 12.9. The zero-order chi connectivity index (χ0) is 20.6. The number of carboxylic acids is 2. The number of aromatic carboxylic acids is 2. The molecular formula is C15H9ClF3NO6S. The average Bonchev–Trinajstić information content (AvgIpc) is 2.53. The second-order valence-corrected chi connectivity index (χ2v) is 7.24. The number of hydrogen-bond donors (Lipinski definition) is 3. The Morgan fingerprint density at radius 3 is 1.93 bits per heavy atom. The van der Waals surface area contributed by atoms with Gasteiger partial charge in [-0.05, 0) is 36.4 Å². The van der Waals surface area contributed by atoms with E-state index in [4.69, 9.17) is 21.8 Å². The van der Waals surface area contributed by atoms with Gasteiger partial charge < -0.3 is 10.2 Å². The van der Waals surface area contributed by atoms with Gasteiger partial charge in [-0.2, -0.15) is 13.2 Å². The van der Waals surface area contributed by atoms with Crippen LogP contribution in [0, 0.1) is 0 Å². The normalized spacial score (nSPS) is 11.9. The summed E-state index contributed by atoms with van der Waals surface area (Å²) in [6.07, 6.45) is -4.90. The van der Waals surface area contributed by atoms with E-state index in [1.54, 1.807) is 0 Å². The van der Waals surface area contributed by atoms with Gasteiger partial charge in [0.25, 0.3) is 10.0 Å². The van der Waals surface area contributed by atoms with Crippen molar-refractivity contribution in [3.63, 3.8) is 0 Å². The van der Waals surface area contributed by atoms with Crippen LogP contribution in [0.5, 0.6) is 0 Å². The first kappa shape index (κ1) is 20.5. The molecule has 27 heavy (non-hydrogen) atoms. The lowest BCUT2D eigenvalue weighted by atomic mass is 10.1. The van der Waals surface area contributed by atoms with Gasteiger partial charge in [0.05, 0.1) is 32.3 Å². The van der Waals surface area contributed by atoms with E-state index in [9.17, 15) is 31.2 Å². The first-order valence-electron chi connectivity index (χ1n) is 6.82. The van der Waals surface area contributed by atoms with Crippen molar-refractivity contribution < 1.29 is 41.4 Å². The molecule has 0 bridgehead atoms. The van der Waals surface area contributed by atoms with E-state index in [0.29, 0.717) is 6.07 Å². The van der Waals surface area contributed by atoms with Crippen molar-refractivity contribution in [1.29, 1.82) is 0 Å². The summed E-state index contributed by atoms with van der Waals surface area (Å²) in [5.74, 6) is -3.05. The fourth-order valence-corrected chi connectivity index (χ4v) is 3.33. The van der Waals surface area contributed by atoms with Gasteiger partial charge in [0.2, 0.25) is 0 Å². The average molecular weight is 424 g/mol. The predicted octanol–water partition coefficient (Wildman–Crippen LogP) is 3.56. The largest absolute Gasteiger partial charge is 0.478 e. The monoisotopic (exact) mass is 423 g/mol. The number of halogens is 4. The van der Waals surface area contributed by atoms with Crippen LogP contribution < -0.4 is 4.72 Å². The highest BCUT2D eigenvalue weighted by atomic mass is 35.5. The molecule has 12 heteroatoms. The summed E-state index contributed by atoms with van der Waals surface area (Å²) < 4.78 is 65.2. The zero-order valence-corrected chi connectivity index (χ0v) is 14.5. The number of rotatable bonds is 5. The number of nitrogens with one attached hydrogen (secondary N) is 1. The lowest BCUT2D eigenvalue weighted by molar-refractivity contribution is -0.137. The van der Waals surface area contributed by atoms with E-state index in [0.717, 1.165) is 30.3 Å². The molecule has 0 saturated carbocycles. The minimum Gasteiger partial charge on any atom is -0.478 e. The van der Waals surface area contributed by atoms with E-state index in [1.807, 2.05) is 4.72 Å². The molecule has 0 spiro atoms. The van der Waals surface area contributed by atoms with Crippen LogP contribution in [-0.4, -0.2) is 30.6 Å². The fourth-order valence-electron chi connectivity index (χ4n) is 2.04. The Morgan fingerprint density at radius 1 is 0.963 bits per heavy atom. The lowest BCUT2D eigenvalue weighted by Crippen LogP contribution is -2.16.